The molecule has 110 valence electrons. The van der Waals surface area contributed by atoms with Crippen LogP contribution in [-0.4, -0.2) is 12.5 Å². The first-order chi connectivity index (χ1) is 10.2. The number of benzene rings is 2. The maximum atomic E-state index is 11.7. The second-order valence-corrected chi connectivity index (χ2v) is 5.60. The summed E-state index contributed by atoms with van der Waals surface area (Å²) in [6, 6.07) is 17.7. The summed E-state index contributed by atoms with van der Waals surface area (Å²) < 4.78 is 6.24. The highest BCUT2D eigenvalue weighted by atomic mass is 79.9. The minimum atomic E-state index is -0.162. The zero-order valence-corrected chi connectivity index (χ0v) is 13.3. The number of rotatable bonds is 7. The summed E-state index contributed by atoms with van der Waals surface area (Å²) in [5.41, 5.74) is 2.06. The van der Waals surface area contributed by atoms with E-state index in [-0.39, 0.29) is 5.97 Å². The quantitative estimate of drug-likeness (QED) is 0.596. The van der Waals surface area contributed by atoms with E-state index >= 15 is 0 Å². The van der Waals surface area contributed by atoms with E-state index in [1.807, 2.05) is 54.6 Å². The van der Waals surface area contributed by atoms with Crippen LogP contribution in [0.1, 0.15) is 18.4 Å². The Kier molecular flexibility index (Phi) is 6.28. The number of anilines is 1. The van der Waals surface area contributed by atoms with E-state index in [4.69, 9.17) is 4.74 Å². The van der Waals surface area contributed by atoms with Gasteiger partial charge in [-0.1, -0.05) is 46.3 Å². The predicted molar refractivity (Wildman–Crippen MR) is 88.1 cm³/mol. The molecular weight excluding hydrogens is 330 g/mol. The number of hydrogen-bond acceptors (Lipinski definition) is 3. The number of carbonyl (C=O) groups excluding carboxylic acids is 1. The van der Waals surface area contributed by atoms with Crippen LogP contribution in [0.15, 0.2) is 59.1 Å². The number of esters is 1. The molecule has 0 saturated carbocycles. The zero-order valence-electron chi connectivity index (χ0n) is 11.7. The van der Waals surface area contributed by atoms with Gasteiger partial charge in [0.2, 0.25) is 0 Å². The molecule has 0 aliphatic carbocycles. The summed E-state index contributed by atoms with van der Waals surface area (Å²) in [4.78, 5) is 11.7. The second-order valence-electron chi connectivity index (χ2n) is 4.69. The number of halogens is 1. The Morgan fingerprint density at radius 1 is 1.10 bits per heavy atom. The smallest absolute Gasteiger partial charge is 0.306 e. The SMILES string of the molecule is O=C(CCCNc1ccccc1)OCc1cccc(Br)c1. The number of ether oxygens (including phenoxy) is 1. The van der Waals surface area contributed by atoms with E-state index in [1.165, 1.54) is 0 Å². The average Bonchev–Trinajstić information content (AvgIpc) is 2.51. The van der Waals surface area contributed by atoms with Crippen molar-refractivity contribution in [2.75, 3.05) is 11.9 Å². The van der Waals surface area contributed by atoms with Crippen molar-refractivity contribution in [1.82, 2.24) is 0 Å². The molecule has 2 rings (SSSR count). The van der Waals surface area contributed by atoms with Gasteiger partial charge < -0.3 is 10.1 Å². The van der Waals surface area contributed by atoms with Crippen LogP contribution in [0.4, 0.5) is 5.69 Å². The Balaban J connectivity index is 1.62. The van der Waals surface area contributed by atoms with Crippen molar-refractivity contribution in [3.05, 3.63) is 64.6 Å². The molecule has 21 heavy (non-hydrogen) atoms. The zero-order chi connectivity index (χ0) is 14.9. The Morgan fingerprint density at radius 3 is 2.67 bits per heavy atom. The summed E-state index contributed by atoms with van der Waals surface area (Å²) in [7, 11) is 0. The molecule has 0 radical (unpaired) electrons. The van der Waals surface area contributed by atoms with E-state index in [2.05, 4.69) is 21.2 Å². The van der Waals surface area contributed by atoms with Crippen LogP contribution in [0.5, 0.6) is 0 Å². The largest absolute Gasteiger partial charge is 0.461 e. The second kappa shape index (κ2) is 8.47. The van der Waals surface area contributed by atoms with Crippen LogP contribution >= 0.6 is 15.9 Å². The maximum absolute atomic E-state index is 11.7. The van der Waals surface area contributed by atoms with E-state index in [0.29, 0.717) is 13.0 Å². The van der Waals surface area contributed by atoms with Gasteiger partial charge in [-0.2, -0.15) is 0 Å². The number of hydrogen-bond donors (Lipinski definition) is 1. The fourth-order valence-electron chi connectivity index (χ4n) is 1.88. The Hall–Kier alpha value is -1.81. The van der Waals surface area contributed by atoms with E-state index < -0.39 is 0 Å². The maximum Gasteiger partial charge on any atom is 0.306 e. The highest BCUT2D eigenvalue weighted by molar-refractivity contribution is 9.10. The van der Waals surface area contributed by atoms with Crippen LogP contribution in [0, 0.1) is 0 Å². The summed E-state index contributed by atoms with van der Waals surface area (Å²) in [5, 5.41) is 3.27. The fourth-order valence-corrected chi connectivity index (χ4v) is 2.33. The van der Waals surface area contributed by atoms with Crippen molar-refractivity contribution in [2.45, 2.75) is 19.4 Å². The third kappa shape index (κ3) is 6.00. The molecule has 0 amide bonds. The Morgan fingerprint density at radius 2 is 1.90 bits per heavy atom. The van der Waals surface area contributed by atoms with Crippen LogP contribution in [0.25, 0.3) is 0 Å². The number of carbonyl (C=O) groups is 1. The number of para-hydroxylation sites is 1. The lowest BCUT2D eigenvalue weighted by molar-refractivity contribution is -0.145. The van der Waals surface area contributed by atoms with Crippen molar-refractivity contribution in [3.8, 4) is 0 Å². The van der Waals surface area contributed by atoms with Crippen LogP contribution in [0.2, 0.25) is 0 Å². The van der Waals surface area contributed by atoms with Gasteiger partial charge in [0, 0.05) is 23.1 Å². The molecule has 0 atom stereocenters. The van der Waals surface area contributed by atoms with Gasteiger partial charge in [0.05, 0.1) is 0 Å². The topological polar surface area (TPSA) is 38.3 Å². The average molecular weight is 348 g/mol. The molecule has 0 saturated heterocycles. The van der Waals surface area contributed by atoms with Gasteiger partial charge in [-0.05, 0) is 36.2 Å². The van der Waals surface area contributed by atoms with Crippen LogP contribution in [-0.2, 0) is 16.1 Å². The third-order valence-electron chi connectivity index (χ3n) is 2.95. The Bertz CT molecular complexity index is 572. The first-order valence-electron chi connectivity index (χ1n) is 6.93. The summed E-state index contributed by atoms with van der Waals surface area (Å²) in [6.45, 7) is 1.08. The van der Waals surface area contributed by atoms with Crippen molar-refractivity contribution in [2.24, 2.45) is 0 Å². The van der Waals surface area contributed by atoms with E-state index in [1.54, 1.807) is 0 Å². The lowest BCUT2D eigenvalue weighted by Crippen LogP contribution is -2.08. The molecule has 2 aromatic rings. The molecule has 0 aliphatic heterocycles. The van der Waals surface area contributed by atoms with Crippen molar-refractivity contribution < 1.29 is 9.53 Å². The van der Waals surface area contributed by atoms with E-state index in [9.17, 15) is 4.79 Å². The molecule has 0 aromatic heterocycles. The Labute approximate surface area is 133 Å². The van der Waals surface area contributed by atoms with Crippen LogP contribution < -0.4 is 5.32 Å². The monoisotopic (exact) mass is 347 g/mol. The van der Waals surface area contributed by atoms with Crippen molar-refractivity contribution >= 4 is 27.6 Å². The lowest BCUT2D eigenvalue weighted by atomic mass is 10.2. The van der Waals surface area contributed by atoms with E-state index in [0.717, 1.165) is 28.7 Å². The third-order valence-corrected chi connectivity index (χ3v) is 3.44. The van der Waals surface area contributed by atoms with Gasteiger partial charge in [-0.3, -0.25) is 4.79 Å². The van der Waals surface area contributed by atoms with Gasteiger partial charge in [0.1, 0.15) is 6.61 Å². The molecule has 1 N–H and O–H groups in total. The highest BCUT2D eigenvalue weighted by Crippen LogP contribution is 2.12. The van der Waals surface area contributed by atoms with Gasteiger partial charge >= 0.3 is 5.97 Å². The van der Waals surface area contributed by atoms with Gasteiger partial charge in [-0.15, -0.1) is 0 Å². The number of nitrogens with one attached hydrogen (secondary N) is 1. The molecular formula is C17H18BrNO2. The molecule has 0 heterocycles. The van der Waals surface area contributed by atoms with Gasteiger partial charge in [0.15, 0.2) is 0 Å². The standard InChI is InChI=1S/C17H18BrNO2/c18-15-7-4-6-14(12-15)13-21-17(20)10-5-11-19-16-8-2-1-3-9-16/h1-4,6-9,12,19H,5,10-11,13H2. The molecule has 0 unspecified atom stereocenters. The van der Waals surface area contributed by atoms with Crippen molar-refractivity contribution in [3.63, 3.8) is 0 Å². The normalized spacial score (nSPS) is 10.1. The summed E-state index contributed by atoms with van der Waals surface area (Å²) >= 11 is 3.39. The van der Waals surface area contributed by atoms with Crippen LogP contribution in [0.3, 0.4) is 0 Å². The molecule has 0 spiro atoms. The van der Waals surface area contributed by atoms with Crippen molar-refractivity contribution in [1.29, 1.82) is 0 Å². The molecule has 0 fully saturated rings. The highest BCUT2D eigenvalue weighted by Gasteiger charge is 2.03. The molecule has 0 aliphatic rings. The first kappa shape index (κ1) is 15.6. The molecule has 2 aromatic carbocycles. The molecule has 0 bridgehead atoms. The van der Waals surface area contributed by atoms with Gasteiger partial charge in [-0.25, -0.2) is 0 Å². The molecule has 3 nitrogen and oxygen atoms in total. The van der Waals surface area contributed by atoms with Gasteiger partial charge in [0.25, 0.3) is 0 Å². The summed E-state index contributed by atoms with van der Waals surface area (Å²) in [6.07, 6.45) is 1.18. The minimum absolute atomic E-state index is 0.162. The lowest BCUT2D eigenvalue weighted by Gasteiger charge is -2.07. The summed E-state index contributed by atoms with van der Waals surface area (Å²) in [5.74, 6) is -0.162. The predicted octanol–water partition coefficient (Wildman–Crippen LogP) is 4.38. The minimum Gasteiger partial charge on any atom is -0.461 e. The first-order valence-corrected chi connectivity index (χ1v) is 7.72. The fraction of sp³-hybridized carbons (Fsp3) is 0.235. The molecule has 4 heteroatoms.